The highest BCUT2D eigenvalue weighted by Gasteiger charge is 2.10. The number of aliphatic hydroxyl groups excluding tert-OH is 1. The van der Waals surface area contributed by atoms with Gasteiger partial charge in [-0.05, 0) is 67.1 Å². The van der Waals surface area contributed by atoms with Gasteiger partial charge in [0.15, 0.2) is 0 Å². The monoisotopic (exact) mass is 378 g/mol. The van der Waals surface area contributed by atoms with Crippen LogP contribution in [0.5, 0.6) is 17.2 Å². The average molecular weight is 378 g/mol. The van der Waals surface area contributed by atoms with Crippen LogP contribution < -0.4 is 14.2 Å². The molecule has 2 aromatic rings. The highest BCUT2D eigenvalue weighted by Crippen LogP contribution is 2.21. The van der Waals surface area contributed by atoms with E-state index in [9.17, 15) is 9.90 Å². The highest BCUT2D eigenvalue weighted by atomic mass is 16.6. The van der Waals surface area contributed by atoms with Crippen molar-refractivity contribution >= 4 is 5.97 Å². The van der Waals surface area contributed by atoms with E-state index < -0.39 is 5.97 Å². The SMILES string of the molecule is CCCCOc1ccc(OC(=O)c2ccc(OC(O)=C3C=CC=C3)cc2)cc1. The van der Waals surface area contributed by atoms with Gasteiger partial charge in [-0.2, -0.15) is 0 Å². The van der Waals surface area contributed by atoms with Crippen molar-refractivity contribution in [3.63, 3.8) is 0 Å². The molecule has 1 aliphatic rings. The minimum Gasteiger partial charge on any atom is -0.494 e. The van der Waals surface area contributed by atoms with Crippen LogP contribution in [0.3, 0.4) is 0 Å². The number of carbonyl (C=O) groups excluding carboxylic acids is 1. The molecule has 0 bridgehead atoms. The van der Waals surface area contributed by atoms with Crippen molar-refractivity contribution in [2.24, 2.45) is 0 Å². The van der Waals surface area contributed by atoms with Gasteiger partial charge in [0.1, 0.15) is 17.2 Å². The molecule has 0 heterocycles. The maximum Gasteiger partial charge on any atom is 0.343 e. The van der Waals surface area contributed by atoms with Crippen LogP contribution in [0.1, 0.15) is 30.1 Å². The summed E-state index contributed by atoms with van der Waals surface area (Å²) >= 11 is 0. The molecule has 0 spiro atoms. The summed E-state index contributed by atoms with van der Waals surface area (Å²) in [7, 11) is 0. The quantitative estimate of drug-likeness (QED) is 0.290. The molecule has 1 aliphatic carbocycles. The summed E-state index contributed by atoms with van der Waals surface area (Å²) in [6.07, 6.45) is 9.15. The molecule has 144 valence electrons. The zero-order valence-electron chi connectivity index (χ0n) is 15.6. The maximum atomic E-state index is 12.3. The van der Waals surface area contributed by atoms with Crippen molar-refractivity contribution in [3.05, 3.63) is 89.9 Å². The topological polar surface area (TPSA) is 65.0 Å². The molecule has 0 fully saturated rings. The molecule has 0 unspecified atom stereocenters. The van der Waals surface area contributed by atoms with Crippen LogP contribution in [-0.2, 0) is 0 Å². The van der Waals surface area contributed by atoms with Gasteiger partial charge in [0, 0.05) is 0 Å². The second-order valence-electron chi connectivity index (χ2n) is 6.17. The third-order valence-corrected chi connectivity index (χ3v) is 4.02. The largest absolute Gasteiger partial charge is 0.494 e. The van der Waals surface area contributed by atoms with Gasteiger partial charge in [0.05, 0.1) is 17.7 Å². The fraction of sp³-hybridized carbons (Fsp3) is 0.174. The number of unbranched alkanes of at least 4 members (excludes halogenated alkanes) is 1. The first-order valence-corrected chi connectivity index (χ1v) is 9.16. The van der Waals surface area contributed by atoms with Gasteiger partial charge in [0.2, 0.25) is 0 Å². The van der Waals surface area contributed by atoms with Gasteiger partial charge in [-0.15, -0.1) is 0 Å². The Hall–Kier alpha value is -3.47. The fourth-order valence-corrected chi connectivity index (χ4v) is 2.45. The summed E-state index contributed by atoms with van der Waals surface area (Å²) in [5, 5.41) is 9.92. The van der Waals surface area contributed by atoms with E-state index in [1.54, 1.807) is 72.8 Å². The standard InChI is InChI=1S/C23H22O5/c1-2-3-16-26-19-12-14-21(15-13-19)28-23(25)18-8-10-20(11-9-18)27-22(24)17-6-4-5-7-17/h4-15,24H,2-3,16H2,1H3. The number of hydrogen-bond donors (Lipinski definition) is 1. The van der Waals surface area contributed by atoms with E-state index in [1.807, 2.05) is 0 Å². The Balaban J connectivity index is 1.56. The van der Waals surface area contributed by atoms with Gasteiger partial charge in [0.25, 0.3) is 5.95 Å². The van der Waals surface area contributed by atoms with Gasteiger partial charge >= 0.3 is 5.97 Å². The predicted molar refractivity (Wildman–Crippen MR) is 107 cm³/mol. The minimum atomic E-state index is -0.476. The molecule has 0 saturated heterocycles. The molecule has 0 aromatic heterocycles. The second-order valence-corrected chi connectivity index (χ2v) is 6.17. The van der Waals surface area contributed by atoms with Crippen LogP contribution in [0.25, 0.3) is 0 Å². The van der Waals surface area contributed by atoms with E-state index >= 15 is 0 Å². The number of benzene rings is 2. The van der Waals surface area contributed by atoms with Crippen LogP contribution in [0.2, 0.25) is 0 Å². The van der Waals surface area contributed by atoms with Gasteiger partial charge in [-0.1, -0.05) is 25.5 Å². The Bertz CT molecular complexity index is 876. The molecule has 0 amide bonds. The van der Waals surface area contributed by atoms with E-state index in [4.69, 9.17) is 14.2 Å². The lowest BCUT2D eigenvalue weighted by molar-refractivity contribution is 0.0734. The predicted octanol–water partition coefficient (Wildman–Crippen LogP) is 5.36. The summed E-state index contributed by atoms with van der Waals surface area (Å²) in [5.74, 6) is 0.937. The van der Waals surface area contributed by atoms with E-state index in [-0.39, 0.29) is 5.95 Å². The first kappa shape index (κ1) is 19.3. The van der Waals surface area contributed by atoms with Crippen molar-refractivity contribution < 1.29 is 24.1 Å². The van der Waals surface area contributed by atoms with E-state index in [2.05, 4.69) is 6.92 Å². The number of hydrogen-bond acceptors (Lipinski definition) is 5. The lowest BCUT2D eigenvalue weighted by Crippen LogP contribution is -2.08. The van der Waals surface area contributed by atoms with Crippen LogP contribution in [-0.4, -0.2) is 17.7 Å². The van der Waals surface area contributed by atoms with Crippen LogP contribution in [0.4, 0.5) is 0 Å². The molecular weight excluding hydrogens is 356 g/mol. The van der Waals surface area contributed by atoms with Gasteiger partial charge < -0.3 is 19.3 Å². The third kappa shape index (κ3) is 5.27. The molecule has 5 nitrogen and oxygen atoms in total. The van der Waals surface area contributed by atoms with Crippen LogP contribution in [0, 0.1) is 0 Å². The normalized spacial score (nSPS) is 12.1. The number of aliphatic hydroxyl groups is 1. The molecule has 0 saturated carbocycles. The first-order chi connectivity index (χ1) is 13.7. The Morgan fingerprint density at radius 2 is 1.43 bits per heavy atom. The van der Waals surface area contributed by atoms with Crippen molar-refractivity contribution in [1.82, 2.24) is 0 Å². The summed E-state index contributed by atoms with van der Waals surface area (Å²) in [6, 6.07) is 13.3. The molecule has 2 aromatic carbocycles. The molecule has 5 heteroatoms. The van der Waals surface area contributed by atoms with E-state index in [0.717, 1.165) is 18.6 Å². The molecule has 0 atom stereocenters. The minimum absolute atomic E-state index is 0.193. The number of rotatable bonds is 8. The number of carbonyl (C=O) groups is 1. The smallest absolute Gasteiger partial charge is 0.343 e. The number of ether oxygens (including phenoxy) is 3. The van der Waals surface area contributed by atoms with Crippen molar-refractivity contribution in [2.75, 3.05) is 6.61 Å². The number of esters is 1. The van der Waals surface area contributed by atoms with Gasteiger partial charge in [-0.25, -0.2) is 4.79 Å². The molecule has 3 rings (SSSR count). The molecule has 0 radical (unpaired) electrons. The van der Waals surface area contributed by atoms with Crippen molar-refractivity contribution in [3.8, 4) is 17.2 Å². The van der Waals surface area contributed by atoms with E-state index in [0.29, 0.717) is 29.2 Å². The fourth-order valence-electron chi connectivity index (χ4n) is 2.45. The van der Waals surface area contributed by atoms with Crippen LogP contribution >= 0.6 is 0 Å². The second kappa shape index (κ2) is 9.46. The van der Waals surface area contributed by atoms with Crippen molar-refractivity contribution in [2.45, 2.75) is 19.8 Å². The highest BCUT2D eigenvalue weighted by molar-refractivity contribution is 5.91. The Kier molecular flexibility index (Phi) is 6.52. The summed E-state index contributed by atoms with van der Waals surface area (Å²) < 4.78 is 16.3. The molecule has 28 heavy (non-hydrogen) atoms. The Labute approximate surface area is 164 Å². The summed E-state index contributed by atoms with van der Waals surface area (Å²) in [5.41, 5.74) is 0.967. The molecule has 1 N–H and O–H groups in total. The third-order valence-electron chi connectivity index (χ3n) is 4.02. The molecular formula is C23H22O5. The lowest BCUT2D eigenvalue weighted by atomic mass is 10.2. The van der Waals surface area contributed by atoms with Crippen LogP contribution in [0.15, 0.2) is 84.4 Å². The lowest BCUT2D eigenvalue weighted by Gasteiger charge is -2.08. The van der Waals surface area contributed by atoms with Crippen molar-refractivity contribution in [1.29, 1.82) is 0 Å². The molecule has 0 aliphatic heterocycles. The Morgan fingerprint density at radius 3 is 2.07 bits per heavy atom. The number of allylic oxidation sites excluding steroid dienone is 5. The average Bonchev–Trinajstić information content (AvgIpc) is 3.25. The zero-order chi connectivity index (χ0) is 19.8. The maximum absolute atomic E-state index is 12.3. The summed E-state index contributed by atoms with van der Waals surface area (Å²) in [4.78, 5) is 12.3. The first-order valence-electron chi connectivity index (χ1n) is 9.16. The van der Waals surface area contributed by atoms with Gasteiger partial charge in [-0.3, -0.25) is 0 Å². The zero-order valence-corrected chi connectivity index (χ0v) is 15.6. The summed E-state index contributed by atoms with van der Waals surface area (Å²) in [6.45, 7) is 2.78. The van der Waals surface area contributed by atoms with E-state index in [1.165, 1.54) is 0 Å². The Morgan fingerprint density at radius 1 is 0.857 bits per heavy atom.